The largest absolute Gasteiger partial charge is 0.353 e. The zero-order valence-corrected chi connectivity index (χ0v) is 16.5. The highest BCUT2D eigenvalue weighted by Crippen LogP contribution is 2.28. The Morgan fingerprint density at radius 1 is 1.24 bits per heavy atom. The van der Waals surface area contributed by atoms with Crippen molar-refractivity contribution in [2.24, 2.45) is 5.92 Å². The summed E-state index contributed by atoms with van der Waals surface area (Å²) in [6.07, 6.45) is 3.26. The summed E-state index contributed by atoms with van der Waals surface area (Å²) in [5.41, 5.74) is 1.24. The molecule has 1 aromatic carbocycles. The van der Waals surface area contributed by atoms with Gasteiger partial charge in [0.05, 0.1) is 6.26 Å². The second kappa shape index (κ2) is 7.87. The molecule has 1 aliphatic heterocycles. The van der Waals surface area contributed by atoms with Gasteiger partial charge in [-0.3, -0.25) is 4.79 Å². The molecule has 25 heavy (non-hydrogen) atoms. The Labute approximate surface area is 151 Å². The predicted molar refractivity (Wildman–Crippen MR) is 101 cm³/mol. The van der Waals surface area contributed by atoms with E-state index >= 15 is 0 Å². The van der Waals surface area contributed by atoms with Crippen molar-refractivity contribution in [1.29, 1.82) is 0 Å². The van der Waals surface area contributed by atoms with E-state index in [0.717, 1.165) is 6.42 Å². The van der Waals surface area contributed by atoms with Gasteiger partial charge in [-0.1, -0.05) is 44.2 Å². The second-order valence-electron chi connectivity index (χ2n) is 7.80. The Morgan fingerprint density at radius 3 is 2.32 bits per heavy atom. The highest BCUT2D eigenvalue weighted by molar-refractivity contribution is 7.88. The Balaban J connectivity index is 1.87. The minimum atomic E-state index is -3.15. The maximum Gasteiger partial charge on any atom is 0.223 e. The molecule has 1 heterocycles. The first kappa shape index (κ1) is 19.9. The van der Waals surface area contributed by atoms with Gasteiger partial charge >= 0.3 is 0 Å². The predicted octanol–water partition coefficient (Wildman–Crippen LogP) is 2.53. The molecule has 0 aromatic heterocycles. The standard InChI is InChI=1S/C19H30N2O3S/c1-15(14-19(2,3)17-8-6-5-7-9-17)20-18(22)16-10-12-21(13-11-16)25(4,23)24/h5-9,15-16H,10-14H2,1-4H3,(H,20,22)/t15-/m1/s1. The van der Waals surface area contributed by atoms with E-state index in [1.807, 2.05) is 25.1 Å². The van der Waals surface area contributed by atoms with Crippen LogP contribution in [-0.2, 0) is 20.2 Å². The normalized spacial score (nSPS) is 18.7. The van der Waals surface area contributed by atoms with Crippen LogP contribution >= 0.6 is 0 Å². The van der Waals surface area contributed by atoms with Gasteiger partial charge in [0.1, 0.15) is 0 Å². The molecule has 0 saturated carbocycles. The molecule has 0 unspecified atom stereocenters. The fourth-order valence-corrected chi connectivity index (χ4v) is 4.51. The number of carbonyl (C=O) groups is 1. The van der Waals surface area contributed by atoms with Crippen LogP contribution in [0.25, 0.3) is 0 Å². The Hall–Kier alpha value is -1.40. The van der Waals surface area contributed by atoms with E-state index in [4.69, 9.17) is 0 Å². The molecule has 2 rings (SSSR count). The Morgan fingerprint density at radius 2 is 1.80 bits per heavy atom. The lowest BCUT2D eigenvalue weighted by Gasteiger charge is -2.32. The molecule has 1 amide bonds. The number of amides is 1. The minimum Gasteiger partial charge on any atom is -0.353 e. The fraction of sp³-hybridized carbons (Fsp3) is 0.632. The molecule has 0 aliphatic carbocycles. The maximum atomic E-state index is 12.5. The lowest BCUT2D eigenvalue weighted by molar-refractivity contribution is -0.126. The molecular formula is C19H30N2O3S. The monoisotopic (exact) mass is 366 g/mol. The second-order valence-corrected chi connectivity index (χ2v) is 9.78. The summed E-state index contributed by atoms with van der Waals surface area (Å²) in [7, 11) is -3.15. The first-order chi connectivity index (χ1) is 11.6. The van der Waals surface area contributed by atoms with Gasteiger partial charge in [-0.15, -0.1) is 0 Å². The Kier molecular flexibility index (Phi) is 6.27. The first-order valence-electron chi connectivity index (χ1n) is 8.90. The van der Waals surface area contributed by atoms with Crippen molar-refractivity contribution in [3.63, 3.8) is 0 Å². The summed E-state index contributed by atoms with van der Waals surface area (Å²) in [5, 5.41) is 3.12. The van der Waals surface area contributed by atoms with E-state index in [1.54, 1.807) is 0 Å². The summed E-state index contributed by atoms with van der Waals surface area (Å²) < 4.78 is 24.6. The quantitative estimate of drug-likeness (QED) is 0.841. The smallest absolute Gasteiger partial charge is 0.223 e. The number of rotatable bonds is 6. The van der Waals surface area contributed by atoms with Crippen LogP contribution in [-0.4, -0.2) is 44.0 Å². The molecular weight excluding hydrogens is 336 g/mol. The van der Waals surface area contributed by atoms with Gasteiger partial charge in [0, 0.05) is 25.0 Å². The Bertz CT molecular complexity index is 678. The van der Waals surface area contributed by atoms with Crippen LogP contribution in [0.4, 0.5) is 0 Å². The molecule has 6 heteroatoms. The summed E-state index contributed by atoms with van der Waals surface area (Å²) in [6.45, 7) is 7.28. The van der Waals surface area contributed by atoms with Crippen molar-refractivity contribution in [3.05, 3.63) is 35.9 Å². The molecule has 1 fully saturated rings. The van der Waals surface area contributed by atoms with Crippen LogP contribution in [0, 0.1) is 5.92 Å². The number of hydrogen-bond donors (Lipinski definition) is 1. The summed E-state index contributed by atoms with van der Waals surface area (Å²) in [4.78, 5) is 12.5. The van der Waals surface area contributed by atoms with Gasteiger partial charge in [-0.2, -0.15) is 0 Å². The molecule has 1 atom stereocenters. The van der Waals surface area contributed by atoms with Crippen molar-refractivity contribution in [3.8, 4) is 0 Å². The van der Waals surface area contributed by atoms with Gasteiger partial charge in [0.2, 0.25) is 15.9 Å². The lowest BCUT2D eigenvalue weighted by atomic mass is 9.79. The van der Waals surface area contributed by atoms with E-state index in [1.165, 1.54) is 16.1 Å². The van der Waals surface area contributed by atoms with Crippen molar-refractivity contribution >= 4 is 15.9 Å². The van der Waals surface area contributed by atoms with Crippen LogP contribution in [0.15, 0.2) is 30.3 Å². The molecule has 0 bridgehead atoms. The molecule has 1 aromatic rings. The molecule has 0 radical (unpaired) electrons. The first-order valence-corrected chi connectivity index (χ1v) is 10.8. The molecule has 0 spiro atoms. The van der Waals surface area contributed by atoms with Crippen LogP contribution in [0.3, 0.4) is 0 Å². The van der Waals surface area contributed by atoms with Crippen molar-refractivity contribution in [2.75, 3.05) is 19.3 Å². The number of carbonyl (C=O) groups excluding carboxylic acids is 1. The molecule has 1 aliphatic rings. The number of nitrogens with one attached hydrogen (secondary N) is 1. The average molecular weight is 367 g/mol. The van der Waals surface area contributed by atoms with E-state index in [-0.39, 0.29) is 23.3 Å². The van der Waals surface area contributed by atoms with Crippen LogP contribution in [0.2, 0.25) is 0 Å². The summed E-state index contributed by atoms with van der Waals surface area (Å²) in [6, 6.07) is 10.4. The topological polar surface area (TPSA) is 66.5 Å². The van der Waals surface area contributed by atoms with Gasteiger partial charge in [0.25, 0.3) is 0 Å². The molecule has 140 valence electrons. The van der Waals surface area contributed by atoms with Crippen LogP contribution in [0.1, 0.15) is 45.6 Å². The average Bonchev–Trinajstić information content (AvgIpc) is 2.54. The van der Waals surface area contributed by atoms with Crippen molar-refractivity contribution < 1.29 is 13.2 Å². The third-order valence-corrected chi connectivity index (χ3v) is 6.36. The van der Waals surface area contributed by atoms with Gasteiger partial charge in [-0.25, -0.2) is 12.7 Å². The zero-order chi connectivity index (χ0) is 18.7. The van der Waals surface area contributed by atoms with Crippen LogP contribution in [0.5, 0.6) is 0 Å². The van der Waals surface area contributed by atoms with E-state index in [9.17, 15) is 13.2 Å². The molecule has 1 N–H and O–H groups in total. The van der Waals surface area contributed by atoms with Gasteiger partial charge in [0.15, 0.2) is 0 Å². The third-order valence-electron chi connectivity index (χ3n) is 5.05. The molecule has 5 nitrogen and oxygen atoms in total. The van der Waals surface area contributed by atoms with Gasteiger partial charge < -0.3 is 5.32 Å². The van der Waals surface area contributed by atoms with Gasteiger partial charge in [-0.05, 0) is 37.2 Å². The number of piperidine rings is 1. The highest BCUT2D eigenvalue weighted by Gasteiger charge is 2.30. The third kappa shape index (κ3) is 5.54. The van der Waals surface area contributed by atoms with Crippen molar-refractivity contribution in [1.82, 2.24) is 9.62 Å². The van der Waals surface area contributed by atoms with E-state index < -0.39 is 10.0 Å². The van der Waals surface area contributed by atoms with E-state index in [0.29, 0.717) is 25.9 Å². The maximum absolute atomic E-state index is 12.5. The highest BCUT2D eigenvalue weighted by atomic mass is 32.2. The summed E-state index contributed by atoms with van der Waals surface area (Å²) in [5.74, 6) is -0.0511. The molecule has 1 saturated heterocycles. The fourth-order valence-electron chi connectivity index (χ4n) is 3.63. The summed E-state index contributed by atoms with van der Waals surface area (Å²) >= 11 is 0. The zero-order valence-electron chi connectivity index (χ0n) is 15.7. The minimum absolute atomic E-state index is 0.0202. The number of nitrogens with zero attached hydrogens (tertiary/aromatic N) is 1. The van der Waals surface area contributed by atoms with Crippen LogP contribution < -0.4 is 5.32 Å². The lowest BCUT2D eigenvalue weighted by Crippen LogP contribution is -2.45. The number of sulfonamides is 1. The van der Waals surface area contributed by atoms with Crippen molar-refractivity contribution in [2.45, 2.75) is 51.5 Å². The number of hydrogen-bond acceptors (Lipinski definition) is 3. The van der Waals surface area contributed by atoms with E-state index in [2.05, 4.69) is 31.3 Å². The number of benzene rings is 1. The SMILES string of the molecule is C[C@H](CC(C)(C)c1ccccc1)NC(=O)C1CCN(S(C)(=O)=O)CC1.